The number of rotatable bonds is 1. The summed E-state index contributed by atoms with van der Waals surface area (Å²) in [5.41, 5.74) is 4.33. The van der Waals surface area contributed by atoms with Gasteiger partial charge in [0.2, 0.25) is 0 Å². The maximum atomic E-state index is 9.03. The molecule has 2 aromatic heterocycles. The van der Waals surface area contributed by atoms with E-state index in [1.54, 1.807) is 6.33 Å². The van der Waals surface area contributed by atoms with E-state index < -0.39 is 0 Å². The van der Waals surface area contributed by atoms with Gasteiger partial charge >= 0.3 is 0 Å². The number of aromatic nitrogens is 3. The third kappa shape index (κ3) is 1.33. The van der Waals surface area contributed by atoms with E-state index >= 15 is 0 Å². The SMILES string of the molecule is Cc1[nH]c2ccccc2c1-c1[nH]cnc1C#N. The molecule has 82 valence electrons. The number of imidazole rings is 1. The van der Waals surface area contributed by atoms with Crippen LogP contribution in [0.25, 0.3) is 22.2 Å². The molecule has 0 aliphatic carbocycles. The van der Waals surface area contributed by atoms with E-state index in [0.717, 1.165) is 27.9 Å². The standard InChI is InChI=1S/C13H10N4/c1-8-12(13-11(6-14)15-7-16-13)9-4-2-3-5-10(9)17-8/h2-5,7,17H,1H3,(H,15,16). The number of para-hydroxylation sites is 1. The average Bonchev–Trinajstić information content (AvgIpc) is 2.90. The Morgan fingerprint density at radius 1 is 1.29 bits per heavy atom. The molecule has 0 radical (unpaired) electrons. The fourth-order valence-corrected chi connectivity index (χ4v) is 2.17. The first-order valence-electron chi connectivity index (χ1n) is 5.32. The number of nitriles is 1. The second-order valence-electron chi connectivity index (χ2n) is 3.91. The van der Waals surface area contributed by atoms with Gasteiger partial charge in [-0.1, -0.05) is 18.2 Å². The first-order chi connectivity index (χ1) is 8.31. The molecule has 0 saturated carbocycles. The molecular formula is C13H10N4. The molecule has 4 nitrogen and oxygen atoms in total. The lowest BCUT2D eigenvalue weighted by Gasteiger charge is -1.98. The highest BCUT2D eigenvalue weighted by Crippen LogP contribution is 2.31. The maximum Gasteiger partial charge on any atom is 0.166 e. The molecule has 0 spiro atoms. The molecule has 0 aliphatic heterocycles. The Morgan fingerprint density at radius 2 is 2.12 bits per heavy atom. The summed E-state index contributed by atoms with van der Waals surface area (Å²) < 4.78 is 0. The number of fused-ring (bicyclic) bond motifs is 1. The molecule has 0 aliphatic rings. The number of aromatic amines is 2. The number of aryl methyl sites for hydroxylation is 1. The third-order valence-electron chi connectivity index (χ3n) is 2.89. The summed E-state index contributed by atoms with van der Waals surface area (Å²) in [7, 11) is 0. The Kier molecular flexibility index (Phi) is 1.99. The van der Waals surface area contributed by atoms with Crippen molar-refractivity contribution in [1.29, 1.82) is 5.26 Å². The highest BCUT2D eigenvalue weighted by atomic mass is 14.9. The third-order valence-corrected chi connectivity index (χ3v) is 2.89. The quantitative estimate of drug-likeness (QED) is 0.664. The van der Waals surface area contributed by atoms with Crippen molar-refractivity contribution in [2.75, 3.05) is 0 Å². The van der Waals surface area contributed by atoms with Crippen LogP contribution in [0.15, 0.2) is 30.6 Å². The zero-order valence-corrected chi connectivity index (χ0v) is 9.28. The van der Waals surface area contributed by atoms with Gasteiger partial charge < -0.3 is 9.97 Å². The van der Waals surface area contributed by atoms with Crippen LogP contribution in [0.2, 0.25) is 0 Å². The second kappa shape index (κ2) is 3.49. The molecule has 1 aromatic carbocycles. The van der Waals surface area contributed by atoms with Crippen molar-refractivity contribution in [3.63, 3.8) is 0 Å². The lowest BCUT2D eigenvalue weighted by Crippen LogP contribution is -1.84. The summed E-state index contributed by atoms with van der Waals surface area (Å²) in [6.45, 7) is 2.00. The van der Waals surface area contributed by atoms with Crippen molar-refractivity contribution in [2.45, 2.75) is 6.92 Å². The van der Waals surface area contributed by atoms with E-state index in [0.29, 0.717) is 5.69 Å². The molecule has 2 N–H and O–H groups in total. The molecule has 3 aromatic rings. The Bertz CT molecular complexity index is 727. The Balaban J connectivity index is 2.38. The van der Waals surface area contributed by atoms with E-state index in [4.69, 9.17) is 5.26 Å². The van der Waals surface area contributed by atoms with Crippen LogP contribution in [-0.4, -0.2) is 15.0 Å². The molecule has 0 unspecified atom stereocenters. The Morgan fingerprint density at radius 3 is 2.94 bits per heavy atom. The molecule has 0 bridgehead atoms. The number of nitrogens with zero attached hydrogens (tertiary/aromatic N) is 2. The fourth-order valence-electron chi connectivity index (χ4n) is 2.17. The van der Waals surface area contributed by atoms with Crippen LogP contribution in [0, 0.1) is 18.3 Å². The summed E-state index contributed by atoms with van der Waals surface area (Å²) >= 11 is 0. The number of H-pyrrole nitrogens is 2. The number of hydrogen-bond acceptors (Lipinski definition) is 2. The first kappa shape index (κ1) is 9.67. The Labute approximate surface area is 97.9 Å². The monoisotopic (exact) mass is 222 g/mol. The minimum absolute atomic E-state index is 0.429. The van der Waals surface area contributed by atoms with Crippen LogP contribution >= 0.6 is 0 Å². The van der Waals surface area contributed by atoms with Crippen molar-refractivity contribution in [3.8, 4) is 17.3 Å². The van der Waals surface area contributed by atoms with Crippen molar-refractivity contribution >= 4 is 10.9 Å². The maximum absolute atomic E-state index is 9.03. The van der Waals surface area contributed by atoms with Crippen LogP contribution < -0.4 is 0 Å². The molecule has 17 heavy (non-hydrogen) atoms. The lowest BCUT2D eigenvalue weighted by atomic mass is 10.1. The van der Waals surface area contributed by atoms with Crippen LogP contribution in [0.3, 0.4) is 0 Å². The molecule has 2 heterocycles. The summed E-state index contributed by atoms with van der Waals surface area (Å²) in [5, 5.41) is 10.1. The van der Waals surface area contributed by atoms with Gasteiger partial charge in [0.1, 0.15) is 6.07 Å². The smallest absolute Gasteiger partial charge is 0.166 e. The second-order valence-corrected chi connectivity index (χ2v) is 3.91. The van der Waals surface area contributed by atoms with Crippen molar-refractivity contribution in [2.24, 2.45) is 0 Å². The topological polar surface area (TPSA) is 68.3 Å². The van der Waals surface area contributed by atoms with Gasteiger partial charge in [-0.15, -0.1) is 0 Å². The van der Waals surface area contributed by atoms with E-state index in [-0.39, 0.29) is 0 Å². The van der Waals surface area contributed by atoms with Gasteiger partial charge in [-0.25, -0.2) is 4.98 Å². The van der Waals surface area contributed by atoms with E-state index in [1.165, 1.54) is 0 Å². The first-order valence-corrected chi connectivity index (χ1v) is 5.32. The van der Waals surface area contributed by atoms with Crippen LogP contribution in [0.4, 0.5) is 0 Å². The Hall–Kier alpha value is -2.54. The lowest BCUT2D eigenvalue weighted by molar-refractivity contribution is 1.28. The predicted octanol–water partition coefficient (Wildman–Crippen LogP) is 2.74. The fraction of sp³-hybridized carbons (Fsp3) is 0.0769. The molecular weight excluding hydrogens is 212 g/mol. The highest BCUT2D eigenvalue weighted by Gasteiger charge is 2.15. The van der Waals surface area contributed by atoms with Crippen LogP contribution in [0.1, 0.15) is 11.4 Å². The van der Waals surface area contributed by atoms with Crippen LogP contribution in [0.5, 0.6) is 0 Å². The van der Waals surface area contributed by atoms with E-state index in [9.17, 15) is 0 Å². The summed E-state index contributed by atoms with van der Waals surface area (Å²) in [6.07, 6.45) is 1.55. The van der Waals surface area contributed by atoms with Gasteiger partial charge in [-0.3, -0.25) is 0 Å². The predicted molar refractivity (Wildman–Crippen MR) is 65.3 cm³/mol. The van der Waals surface area contributed by atoms with Crippen molar-refractivity contribution in [3.05, 3.63) is 42.0 Å². The molecule has 0 saturated heterocycles. The molecule has 0 amide bonds. The molecule has 4 heteroatoms. The molecule has 0 fully saturated rings. The van der Waals surface area contributed by atoms with Gasteiger partial charge in [0, 0.05) is 22.2 Å². The molecule has 0 atom stereocenters. The zero-order valence-electron chi connectivity index (χ0n) is 9.28. The summed E-state index contributed by atoms with van der Waals surface area (Å²) in [5.74, 6) is 0. The zero-order chi connectivity index (χ0) is 11.8. The van der Waals surface area contributed by atoms with Gasteiger partial charge in [0.15, 0.2) is 5.69 Å². The van der Waals surface area contributed by atoms with Gasteiger partial charge in [-0.05, 0) is 13.0 Å². The normalized spacial score (nSPS) is 10.6. The van der Waals surface area contributed by atoms with Crippen molar-refractivity contribution < 1.29 is 0 Å². The van der Waals surface area contributed by atoms with E-state index in [1.807, 2.05) is 31.2 Å². The molecule has 3 rings (SSSR count). The van der Waals surface area contributed by atoms with Gasteiger partial charge in [-0.2, -0.15) is 5.26 Å². The number of benzene rings is 1. The van der Waals surface area contributed by atoms with Crippen LogP contribution in [-0.2, 0) is 0 Å². The largest absolute Gasteiger partial charge is 0.358 e. The van der Waals surface area contributed by atoms with Crippen molar-refractivity contribution in [1.82, 2.24) is 15.0 Å². The highest BCUT2D eigenvalue weighted by molar-refractivity contribution is 5.97. The van der Waals surface area contributed by atoms with Gasteiger partial charge in [0.25, 0.3) is 0 Å². The number of nitrogens with one attached hydrogen (secondary N) is 2. The minimum Gasteiger partial charge on any atom is -0.358 e. The van der Waals surface area contributed by atoms with Gasteiger partial charge in [0.05, 0.1) is 12.0 Å². The average molecular weight is 222 g/mol. The summed E-state index contributed by atoms with van der Waals surface area (Å²) in [4.78, 5) is 10.4. The van der Waals surface area contributed by atoms with E-state index in [2.05, 4.69) is 21.0 Å². The minimum atomic E-state index is 0.429. The summed E-state index contributed by atoms with van der Waals surface area (Å²) in [6, 6.07) is 10.1. The number of hydrogen-bond donors (Lipinski definition) is 2.